The fourth-order valence-corrected chi connectivity index (χ4v) is 11.5. The molecule has 22 aliphatic rings. The Kier molecular flexibility index (Phi) is 27.7. The third kappa shape index (κ3) is 16.6. The summed E-state index contributed by atoms with van der Waals surface area (Å²) in [5.74, 6) is -0.912. The average Bonchev–Trinajstić information content (AvgIpc) is 2.27. The zero-order valence-corrected chi connectivity index (χ0v) is 46.7. The van der Waals surface area contributed by atoms with E-state index in [1.165, 1.54) is 38.5 Å². The van der Waals surface area contributed by atoms with Gasteiger partial charge in [-0.2, -0.15) is 4.89 Å². The van der Waals surface area contributed by atoms with Gasteiger partial charge in [0.25, 0.3) is 0 Å². The molecular formula is C52H90O32. The number of unbranched alkanes of at least 4 members (excludes halogenated alkanes) is 12. The van der Waals surface area contributed by atoms with Crippen LogP contribution in [0.15, 0.2) is 0 Å². The Hall–Kier alpha value is -1.73. The summed E-state index contributed by atoms with van der Waals surface area (Å²) in [4.78, 5) is 23.9. The van der Waals surface area contributed by atoms with Gasteiger partial charge in [-0.3, -0.25) is 4.89 Å². The minimum Gasteiger partial charge on any atom is -0.394 e. The van der Waals surface area contributed by atoms with Crippen LogP contribution in [0.25, 0.3) is 0 Å². The third-order valence-corrected chi connectivity index (χ3v) is 16.4. The van der Waals surface area contributed by atoms with Crippen molar-refractivity contribution in [1.29, 1.82) is 0 Å². The first-order valence-corrected chi connectivity index (χ1v) is 29.2. The van der Waals surface area contributed by atoms with Gasteiger partial charge >= 0.3 is 5.97 Å². The van der Waals surface area contributed by atoms with E-state index in [1.807, 2.05) is 0 Å². The quantitative estimate of drug-likeness (QED) is 0.0272. The van der Waals surface area contributed by atoms with Crippen molar-refractivity contribution in [1.82, 2.24) is 0 Å². The predicted octanol–water partition coefficient (Wildman–Crippen LogP) is -7.09. The lowest BCUT2D eigenvalue weighted by Crippen LogP contribution is -2.69. The van der Waals surface area contributed by atoms with Gasteiger partial charge in [0.15, 0.2) is 43.8 Å². The number of ether oxygens (including phenoxy) is 12. The van der Waals surface area contributed by atoms with Crippen LogP contribution in [0, 0.1) is 0 Å². The summed E-state index contributed by atoms with van der Waals surface area (Å²) < 4.78 is 69.6. The molecule has 22 aliphatic heterocycles. The average molecular weight is 1230 g/mol. The first-order valence-electron chi connectivity index (χ1n) is 29.2. The maximum atomic E-state index is 13.2. The molecule has 84 heavy (non-hydrogen) atoms. The predicted molar refractivity (Wildman–Crippen MR) is 271 cm³/mol. The second-order valence-electron chi connectivity index (χ2n) is 22.4. The van der Waals surface area contributed by atoms with Gasteiger partial charge in [-0.25, -0.2) is 4.79 Å². The van der Waals surface area contributed by atoms with E-state index in [9.17, 15) is 91.6 Å². The van der Waals surface area contributed by atoms with E-state index >= 15 is 0 Å². The molecule has 0 aromatic heterocycles. The summed E-state index contributed by atoms with van der Waals surface area (Å²) in [6, 6.07) is 0. The highest BCUT2D eigenvalue weighted by atomic mass is 17.2. The Morgan fingerprint density at radius 3 is 0.786 bits per heavy atom. The maximum Gasteiger partial charge on any atom is 0.342 e. The number of carbonyl (C=O) groups excluding carboxylic acids is 1. The van der Waals surface area contributed by atoms with Crippen molar-refractivity contribution in [3.05, 3.63) is 0 Å². The lowest BCUT2D eigenvalue weighted by molar-refractivity contribution is -0.421. The monoisotopic (exact) mass is 1230 g/mol. The molecule has 22 fully saturated rings. The molecule has 22 saturated heterocycles. The first kappa shape index (κ1) is 69.7. The standard InChI is InChI=1S/C52H90O32/c1-2-3-4-5-6-7-8-9-10-11-12-13-14-15-28(59)83-84-46-39(70)52-76-27(21-58)45(46)82-51-38(69)33(64)43(25(19-56)75-51)80-49-36(67)31(62)41(23(17-54)73-49)78-47-34(65)29(60)40(22(16-53)71-47)77-48-35(66)30(61)42(24(18-55)72-48)79-50-37(68)32(63)44(81-52)26(20-57)74-50/h22-27,29-58,60-70H,2-21H2,1H3/t22-,23-,24-,25-,26-,27-,29-,30-,31-,32-,33-,34-,35-,36-,37-,38-,39-,40-,41-,42-,43-,44-,45+,46-,47-,48-,49-,50-,51-,52-/m1/s1. The number of rotatable bonds is 22. The molecule has 12 bridgehead atoms. The van der Waals surface area contributed by atoms with Crippen LogP contribution in [0.4, 0.5) is 0 Å². The van der Waals surface area contributed by atoms with Gasteiger partial charge < -0.3 is 144 Å². The maximum absolute atomic E-state index is 13.2. The first-order chi connectivity index (χ1) is 40.4. The summed E-state index contributed by atoms with van der Waals surface area (Å²) in [6.07, 6.45) is -46.2. The van der Waals surface area contributed by atoms with Crippen LogP contribution in [0.1, 0.15) is 96.8 Å². The Morgan fingerprint density at radius 1 is 0.298 bits per heavy atom. The van der Waals surface area contributed by atoms with Gasteiger partial charge in [0.05, 0.1) is 39.6 Å². The van der Waals surface area contributed by atoms with E-state index in [0.29, 0.717) is 12.8 Å². The molecule has 0 unspecified atom stereocenters. The van der Waals surface area contributed by atoms with Crippen molar-refractivity contribution < 1.29 is 158 Å². The summed E-state index contributed by atoms with van der Waals surface area (Å²) in [5, 5.41) is 189. The molecule has 0 amide bonds. The molecule has 0 aliphatic carbocycles. The molecule has 0 aromatic rings. The fourth-order valence-electron chi connectivity index (χ4n) is 11.5. The second kappa shape index (κ2) is 33.4. The molecule has 22 rings (SSSR count). The normalized spacial score (nSPS) is 46.0. The minimum atomic E-state index is -2.21. The molecule has 30 atom stereocenters. The summed E-state index contributed by atoms with van der Waals surface area (Å²) in [6.45, 7) is -3.97. The van der Waals surface area contributed by atoms with E-state index < -0.39 is 230 Å². The highest BCUT2D eigenvalue weighted by molar-refractivity contribution is 5.68. The van der Waals surface area contributed by atoms with E-state index in [0.717, 1.165) is 32.1 Å². The highest BCUT2D eigenvalue weighted by Gasteiger charge is 2.59. The van der Waals surface area contributed by atoms with E-state index in [2.05, 4.69) is 6.92 Å². The van der Waals surface area contributed by atoms with Crippen molar-refractivity contribution in [3.8, 4) is 0 Å². The lowest BCUT2D eigenvalue weighted by Gasteiger charge is -2.50. The Morgan fingerprint density at radius 2 is 0.524 bits per heavy atom. The third-order valence-electron chi connectivity index (χ3n) is 16.4. The molecule has 0 spiro atoms. The van der Waals surface area contributed by atoms with Crippen molar-refractivity contribution in [3.63, 3.8) is 0 Å². The van der Waals surface area contributed by atoms with Crippen LogP contribution in [0.5, 0.6) is 0 Å². The summed E-state index contributed by atoms with van der Waals surface area (Å²) in [7, 11) is 0. The molecule has 490 valence electrons. The summed E-state index contributed by atoms with van der Waals surface area (Å²) >= 11 is 0. The number of hydrogen-bond acceptors (Lipinski definition) is 32. The number of aliphatic hydroxyl groups excluding tert-OH is 17. The molecule has 32 nitrogen and oxygen atoms in total. The van der Waals surface area contributed by atoms with Crippen molar-refractivity contribution >= 4 is 5.97 Å². The Labute approximate surface area is 483 Å². The molecule has 0 radical (unpaired) electrons. The summed E-state index contributed by atoms with van der Waals surface area (Å²) in [5.41, 5.74) is 0. The molecule has 22 heterocycles. The topological polar surface area (TPSA) is 490 Å². The van der Waals surface area contributed by atoms with Gasteiger partial charge in [0, 0.05) is 6.42 Å². The Balaban J connectivity index is 1.13. The number of hydrogen-bond donors (Lipinski definition) is 17. The fraction of sp³-hybridized carbons (Fsp3) is 0.981. The number of carbonyl (C=O) groups is 1. The van der Waals surface area contributed by atoms with E-state index in [4.69, 9.17) is 66.6 Å². The van der Waals surface area contributed by atoms with E-state index in [-0.39, 0.29) is 6.42 Å². The van der Waals surface area contributed by atoms with Crippen molar-refractivity contribution in [2.75, 3.05) is 39.6 Å². The van der Waals surface area contributed by atoms with Gasteiger partial charge in [-0.05, 0) is 6.42 Å². The molecular weight excluding hydrogens is 1140 g/mol. The molecule has 0 saturated carbocycles. The SMILES string of the molecule is CCCCCCCCCCCCCCCC(=O)OO[C@@H]1[C@@H](O)[C@H]2O[C@H]3[C@H](O)[C@@H](O)[C@@H](O[C@H]4[C@H](O)[C@@H](O)[C@@H](O[C@H]5[C@H](O)[C@@H](O)[C@@H](O[C@H]6[C@H](O)[C@@H](O)[C@@H](O[C@H]7[C@H](O)[C@@H](O)[C@@H](O[C@H]1[C@@H](CO)O2)O[C@@H]7CO)O[C@@H]6CO)O[C@@H]5CO)O[C@@H]4CO)O[C@@H]3CO. The Bertz CT molecular complexity index is 1890. The number of aliphatic hydroxyl groups is 17. The van der Waals surface area contributed by atoms with E-state index in [1.54, 1.807) is 0 Å². The second-order valence-corrected chi connectivity index (χ2v) is 22.4. The van der Waals surface area contributed by atoms with Gasteiger partial charge in [0.2, 0.25) is 0 Å². The van der Waals surface area contributed by atoms with Gasteiger partial charge in [-0.15, -0.1) is 0 Å². The highest BCUT2D eigenvalue weighted by Crippen LogP contribution is 2.39. The van der Waals surface area contributed by atoms with Gasteiger partial charge in [0.1, 0.15) is 140 Å². The van der Waals surface area contributed by atoms with Crippen LogP contribution in [-0.4, -0.2) is 317 Å². The van der Waals surface area contributed by atoms with Crippen molar-refractivity contribution in [2.24, 2.45) is 0 Å². The molecule has 0 aromatic carbocycles. The van der Waals surface area contributed by atoms with Crippen molar-refractivity contribution in [2.45, 2.75) is 281 Å². The van der Waals surface area contributed by atoms with Gasteiger partial charge in [-0.1, -0.05) is 84.0 Å². The van der Waals surface area contributed by atoms with Crippen LogP contribution in [0.2, 0.25) is 0 Å². The zero-order chi connectivity index (χ0) is 60.9. The minimum absolute atomic E-state index is 0.152. The van der Waals surface area contributed by atoms with Crippen LogP contribution >= 0.6 is 0 Å². The molecule has 17 N–H and O–H groups in total. The van der Waals surface area contributed by atoms with Crippen LogP contribution < -0.4 is 0 Å². The zero-order valence-electron chi connectivity index (χ0n) is 46.7. The van der Waals surface area contributed by atoms with Crippen LogP contribution in [-0.2, 0) is 71.4 Å². The largest absolute Gasteiger partial charge is 0.394 e. The van der Waals surface area contributed by atoms with Crippen LogP contribution in [0.3, 0.4) is 0 Å². The lowest BCUT2D eigenvalue weighted by atomic mass is 9.94. The smallest absolute Gasteiger partial charge is 0.342 e. The molecule has 32 heteroatoms.